The van der Waals surface area contributed by atoms with Gasteiger partial charge in [0.05, 0.1) is 0 Å². The maximum Gasteiger partial charge on any atom is 0.364 e. The highest BCUT2D eigenvalue weighted by Crippen LogP contribution is 1.99. The maximum absolute atomic E-state index is 5.61. The van der Waals surface area contributed by atoms with Crippen molar-refractivity contribution in [3.63, 3.8) is 0 Å². The summed E-state index contributed by atoms with van der Waals surface area (Å²) in [5.74, 6) is 0. The van der Waals surface area contributed by atoms with E-state index in [1.807, 2.05) is 0 Å². The summed E-state index contributed by atoms with van der Waals surface area (Å²) in [5.41, 5.74) is 0. The van der Waals surface area contributed by atoms with Gasteiger partial charge in [0.15, 0.2) is 9.04 Å². The molecule has 0 atom stereocenters. The van der Waals surface area contributed by atoms with Gasteiger partial charge in [-0.3, -0.25) is 0 Å². The van der Waals surface area contributed by atoms with E-state index in [1.165, 1.54) is 23.8 Å². The fraction of sp³-hybridized carbons (Fsp3) is 1.00. The SMILES string of the molecule is Br.CCC[CH2][Mg][CH2]CCO[SiH](C)C. The molecule has 0 unspecified atom stereocenters. The Morgan fingerprint density at radius 2 is 1.77 bits per heavy atom. The summed E-state index contributed by atoms with van der Waals surface area (Å²) in [7, 11) is -0.720. The van der Waals surface area contributed by atoms with E-state index in [1.54, 1.807) is 4.55 Å². The molecular weight excluding hydrogens is 256 g/mol. The van der Waals surface area contributed by atoms with Crippen molar-refractivity contribution in [2.75, 3.05) is 6.61 Å². The Kier molecular flexibility index (Phi) is 17.4. The van der Waals surface area contributed by atoms with Gasteiger partial charge in [-0.25, -0.2) is 0 Å². The third-order valence-corrected chi connectivity index (χ3v) is 4.85. The predicted octanol–water partition coefficient (Wildman–Crippen LogP) is 3.30. The number of unbranched alkanes of at least 4 members (excludes halogenated alkanes) is 1. The van der Waals surface area contributed by atoms with Gasteiger partial charge in [-0.05, 0) is 13.1 Å². The topological polar surface area (TPSA) is 9.23 Å². The van der Waals surface area contributed by atoms with Crippen molar-refractivity contribution in [2.24, 2.45) is 0 Å². The molecule has 0 aliphatic rings. The van der Waals surface area contributed by atoms with Crippen molar-refractivity contribution < 1.29 is 4.43 Å². The highest BCUT2D eigenvalue weighted by Gasteiger charge is 1.97. The third kappa shape index (κ3) is 16.1. The van der Waals surface area contributed by atoms with Crippen LogP contribution >= 0.6 is 17.0 Å². The summed E-state index contributed by atoms with van der Waals surface area (Å²) < 4.78 is 8.66. The Labute approximate surface area is 105 Å². The average Bonchev–Trinajstić information content (AvgIpc) is 2.02. The Morgan fingerprint density at radius 3 is 2.31 bits per heavy atom. The fourth-order valence-corrected chi connectivity index (χ4v) is 3.60. The summed E-state index contributed by atoms with van der Waals surface area (Å²) in [6.45, 7) is 7.81. The Bertz CT molecular complexity index is 93.7. The van der Waals surface area contributed by atoms with Crippen LogP contribution < -0.4 is 0 Å². The van der Waals surface area contributed by atoms with Crippen LogP contribution in [0.4, 0.5) is 0 Å². The molecule has 1 nitrogen and oxygen atoms in total. The lowest BCUT2D eigenvalue weighted by atomic mass is 10.4. The van der Waals surface area contributed by atoms with Crippen LogP contribution in [0.25, 0.3) is 0 Å². The van der Waals surface area contributed by atoms with Crippen molar-refractivity contribution in [3.8, 4) is 0 Å². The monoisotopic (exact) mass is 278 g/mol. The molecule has 0 spiro atoms. The molecule has 0 saturated heterocycles. The molecular formula is C9H23BrMgOSi. The molecule has 0 aliphatic carbocycles. The molecule has 0 amide bonds. The minimum absolute atomic E-state index is 0. The third-order valence-electron chi connectivity index (χ3n) is 1.95. The number of halogens is 1. The highest BCUT2D eigenvalue weighted by atomic mass is 79.9. The van der Waals surface area contributed by atoms with Gasteiger partial charge in [0.1, 0.15) is 0 Å². The molecule has 0 aromatic rings. The summed E-state index contributed by atoms with van der Waals surface area (Å²) in [4.78, 5) is 0. The quantitative estimate of drug-likeness (QED) is 0.489. The molecule has 78 valence electrons. The van der Waals surface area contributed by atoms with Crippen molar-refractivity contribution >= 4 is 46.4 Å². The summed E-state index contributed by atoms with van der Waals surface area (Å²) in [6, 6.07) is 0. The Hall–Kier alpha value is 1.42. The number of hydrogen-bond acceptors (Lipinski definition) is 1. The van der Waals surface area contributed by atoms with E-state index in [0.717, 1.165) is 6.61 Å². The largest absolute Gasteiger partial charge is 0.421 e. The lowest BCUT2D eigenvalue weighted by molar-refractivity contribution is 0.326. The molecule has 0 aliphatic heterocycles. The molecule has 0 heterocycles. The predicted molar refractivity (Wildman–Crippen MR) is 70.0 cm³/mol. The van der Waals surface area contributed by atoms with Crippen LogP contribution in [0.1, 0.15) is 26.2 Å². The lowest BCUT2D eigenvalue weighted by Gasteiger charge is -2.05. The minimum atomic E-state index is -0.720. The maximum atomic E-state index is 5.61. The van der Waals surface area contributed by atoms with Crippen LogP contribution in [0.2, 0.25) is 22.2 Å². The van der Waals surface area contributed by atoms with E-state index in [2.05, 4.69) is 20.0 Å². The second kappa shape index (κ2) is 13.4. The zero-order chi connectivity index (χ0) is 9.23. The van der Waals surface area contributed by atoms with Gasteiger partial charge in [0, 0.05) is 6.61 Å². The minimum Gasteiger partial charge on any atom is -0.421 e. The molecule has 0 N–H and O–H groups in total. The standard InChI is InChI=1S/C5H13OSi.C4H9.BrH.Mg/c1-4-5-6-7(2)3;1-3-4-2;;/h7H,1,4-5H2,2-3H3;1,3-4H2,2H3;1H;. The Morgan fingerprint density at radius 1 is 1.15 bits per heavy atom. The first-order valence-electron chi connectivity index (χ1n) is 5.39. The molecule has 13 heavy (non-hydrogen) atoms. The van der Waals surface area contributed by atoms with Crippen LogP contribution in [0.3, 0.4) is 0 Å². The van der Waals surface area contributed by atoms with Crippen LogP contribution in [0.15, 0.2) is 0 Å². The first-order chi connectivity index (χ1) is 5.77. The molecule has 0 fully saturated rings. The molecule has 0 radical (unpaired) electrons. The van der Waals surface area contributed by atoms with E-state index in [0.29, 0.717) is 20.4 Å². The van der Waals surface area contributed by atoms with Crippen LogP contribution in [-0.2, 0) is 4.43 Å². The number of rotatable bonds is 8. The van der Waals surface area contributed by atoms with Gasteiger partial charge in [0.2, 0.25) is 0 Å². The second-order valence-electron chi connectivity index (χ2n) is 3.69. The smallest absolute Gasteiger partial charge is 0.364 e. The normalized spacial score (nSPS) is 9.54. The molecule has 4 heteroatoms. The molecule has 0 bridgehead atoms. The van der Waals surface area contributed by atoms with E-state index in [4.69, 9.17) is 4.43 Å². The molecule has 0 saturated carbocycles. The van der Waals surface area contributed by atoms with Gasteiger partial charge >= 0.3 is 20.4 Å². The van der Waals surface area contributed by atoms with Gasteiger partial charge < -0.3 is 4.43 Å². The van der Waals surface area contributed by atoms with E-state index in [9.17, 15) is 0 Å². The van der Waals surface area contributed by atoms with Gasteiger partial charge in [-0.15, -0.1) is 26.1 Å². The van der Waals surface area contributed by atoms with Crippen molar-refractivity contribution in [1.29, 1.82) is 0 Å². The van der Waals surface area contributed by atoms with Crippen molar-refractivity contribution in [3.05, 3.63) is 0 Å². The first kappa shape index (κ1) is 16.8. The van der Waals surface area contributed by atoms with Crippen LogP contribution in [0, 0.1) is 0 Å². The summed E-state index contributed by atoms with van der Waals surface area (Å²) in [5, 5.41) is 0. The molecule has 0 rings (SSSR count). The summed E-state index contributed by atoms with van der Waals surface area (Å²) in [6.07, 6.45) is 4.18. The lowest BCUT2D eigenvalue weighted by Crippen LogP contribution is -2.08. The van der Waals surface area contributed by atoms with Crippen LogP contribution in [0.5, 0.6) is 0 Å². The fourth-order valence-electron chi connectivity index (χ4n) is 1.20. The van der Waals surface area contributed by atoms with E-state index in [-0.39, 0.29) is 17.0 Å². The van der Waals surface area contributed by atoms with Gasteiger partial charge in [-0.1, -0.05) is 26.2 Å². The zero-order valence-electron chi connectivity index (χ0n) is 9.34. The van der Waals surface area contributed by atoms with Crippen molar-refractivity contribution in [1.82, 2.24) is 0 Å². The van der Waals surface area contributed by atoms with Gasteiger partial charge in [-0.2, -0.15) is 0 Å². The van der Waals surface area contributed by atoms with Gasteiger partial charge in [0.25, 0.3) is 0 Å². The first-order valence-corrected chi connectivity index (χ1v) is 10.2. The number of hydrogen-bond donors (Lipinski definition) is 0. The zero-order valence-corrected chi connectivity index (χ0v) is 13.6. The summed E-state index contributed by atoms with van der Waals surface area (Å²) >= 11 is 0.291. The Balaban J connectivity index is 0. The van der Waals surface area contributed by atoms with Crippen molar-refractivity contribution in [2.45, 2.75) is 48.4 Å². The molecule has 0 aromatic carbocycles. The molecule has 0 aromatic heterocycles. The van der Waals surface area contributed by atoms with E-state index >= 15 is 0 Å². The van der Waals surface area contributed by atoms with Crippen LogP contribution in [-0.4, -0.2) is 36.0 Å². The highest BCUT2D eigenvalue weighted by molar-refractivity contribution is 8.93. The second-order valence-corrected chi connectivity index (χ2v) is 8.24. The average molecular weight is 280 g/mol. The van der Waals surface area contributed by atoms with E-state index < -0.39 is 9.04 Å².